The summed E-state index contributed by atoms with van der Waals surface area (Å²) < 4.78 is 5.02. The Morgan fingerprint density at radius 2 is 2.14 bits per heavy atom. The van der Waals surface area contributed by atoms with Crippen LogP contribution < -0.4 is 5.32 Å². The van der Waals surface area contributed by atoms with Gasteiger partial charge in [-0.3, -0.25) is 10.1 Å². The second-order valence-corrected chi connectivity index (χ2v) is 5.72. The number of nitro benzene ring substituents is 1. The summed E-state index contributed by atoms with van der Waals surface area (Å²) in [4.78, 5) is 22.5. The van der Waals surface area contributed by atoms with Gasteiger partial charge >= 0.3 is 5.97 Å². The average Bonchev–Trinajstić information content (AvgIpc) is 2.50. The molecule has 6 nitrogen and oxygen atoms in total. The van der Waals surface area contributed by atoms with E-state index in [9.17, 15) is 14.9 Å². The topological polar surface area (TPSA) is 81.5 Å². The molecule has 2 atom stereocenters. The number of anilines is 1. The van der Waals surface area contributed by atoms with E-state index in [-0.39, 0.29) is 23.9 Å². The predicted molar refractivity (Wildman–Crippen MR) is 84.1 cm³/mol. The van der Waals surface area contributed by atoms with Gasteiger partial charge in [-0.1, -0.05) is 19.8 Å². The van der Waals surface area contributed by atoms with Gasteiger partial charge in [0.1, 0.15) is 0 Å². The number of esters is 1. The van der Waals surface area contributed by atoms with Gasteiger partial charge in [-0.05, 0) is 31.7 Å². The first-order valence-electron chi connectivity index (χ1n) is 7.75. The second-order valence-electron chi connectivity index (χ2n) is 5.72. The number of ether oxygens (including phenoxy) is 1. The quantitative estimate of drug-likeness (QED) is 0.509. The summed E-state index contributed by atoms with van der Waals surface area (Å²) in [6, 6.07) is 4.58. The first-order valence-corrected chi connectivity index (χ1v) is 7.75. The van der Waals surface area contributed by atoms with Gasteiger partial charge in [-0.25, -0.2) is 4.79 Å². The fourth-order valence-electron chi connectivity index (χ4n) is 2.88. The third-order valence-electron chi connectivity index (χ3n) is 4.16. The highest BCUT2D eigenvalue weighted by Gasteiger charge is 2.24. The summed E-state index contributed by atoms with van der Waals surface area (Å²) in [7, 11) is 0. The maximum Gasteiger partial charge on any atom is 0.340 e. The monoisotopic (exact) mass is 306 g/mol. The van der Waals surface area contributed by atoms with Gasteiger partial charge in [-0.2, -0.15) is 0 Å². The summed E-state index contributed by atoms with van der Waals surface area (Å²) >= 11 is 0. The number of carbonyl (C=O) groups is 1. The van der Waals surface area contributed by atoms with E-state index in [4.69, 9.17) is 4.74 Å². The average molecular weight is 306 g/mol. The van der Waals surface area contributed by atoms with E-state index in [2.05, 4.69) is 12.2 Å². The molecule has 1 aromatic rings. The maximum absolute atomic E-state index is 12.1. The molecular weight excluding hydrogens is 284 g/mol. The van der Waals surface area contributed by atoms with Crippen LogP contribution in [0.1, 0.15) is 49.9 Å². The van der Waals surface area contributed by atoms with Crippen molar-refractivity contribution in [3.8, 4) is 0 Å². The Morgan fingerprint density at radius 3 is 2.77 bits per heavy atom. The number of benzene rings is 1. The van der Waals surface area contributed by atoms with Crippen molar-refractivity contribution in [1.82, 2.24) is 0 Å². The van der Waals surface area contributed by atoms with Gasteiger partial charge in [0.25, 0.3) is 5.69 Å². The second kappa shape index (κ2) is 7.24. The van der Waals surface area contributed by atoms with E-state index in [1.165, 1.54) is 18.6 Å². The molecule has 0 amide bonds. The van der Waals surface area contributed by atoms with Gasteiger partial charge in [0, 0.05) is 23.9 Å². The molecule has 1 aliphatic carbocycles. The van der Waals surface area contributed by atoms with Crippen molar-refractivity contribution in [1.29, 1.82) is 0 Å². The van der Waals surface area contributed by atoms with Crippen molar-refractivity contribution in [2.75, 3.05) is 11.9 Å². The van der Waals surface area contributed by atoms with Crippen molar-refractivity contribution in [3.63, 3.8) is 0 Å². The third-order valence-corrected chi connectivity index (χ3v) is 4.16. The van der Waals surface area contributed by atoms with Gasteiger partial charge in [0.2, 0.25) is 0 Å². The van der Waals surface area contributed by atoms with Crippen LogP contribution in [-0.2, 0) is 4.74 Å². The van der Waals surface area contributed by atoms with E-state index in [1.54, 1.807) is 13.0 Å². The lowest BCUT2D eigenvalue weighted by molar-refractivity contribution is -0.384. The van der Waals surface area contributed by atoms with Gasteiger partial charge in [0.05, 0.1) is 17.1 Å². The van der Waals surface area contributed by atoms with Crippen molar-refractivity contribution >= 4 is 17.3 Å². The molecule has 120 valence electrons. The van der Waals surface area contributed by atoms with Crippen LogP contribution in [0.5, 0.6) is 0 Å². The highest BCUT2D eigenvalue weighted by molar-refractivity contribution is 5.96. The van der Waals surface area contributed by atoms with Crippen molar-refractivity contribution < 1.29 is 14.5 Å². The largest absolute Gasteiger partial charge is 0.462 e. The number of nitrogens with one attached hydrogen (secondary N) is 1. The lowest BCUT2D eigenvalue weighted by Gasteiger charge is -2.30. The summed E-state index contributed by atoms with van der Waals surface area (Å²) in [5.41, 5.74) is 0.738. The van der Waals surface area contributed by atoms with E-state index in [0.717, 1.165) is 19.3 Å². The molecule has 0 saturated heterocycles. The Bertz CT molecular complexity index is 559. The van der Waals surface area contributed by atoms with Gasteiger partial charge in [-0.15, -0.1) is 0 Å². The first-order chi connectivity index (χ1) is 10.5. The minimum atomic E-state index is -0.530. The minimum absolute atomic E-state index is 0.106. The summed E-state index contributed by atoms with van der Waals surface area (Å²) in [6.45, 7) is 4.14. The Hall–Kier alpha value is -2.11. The van der Waals surface area contributed by atoms with Crippen LogP contribution in [0.15, 0.2) is 18.2 Å². The lowest BCUT2D eigenvalue weighted by Crippen LogP contribution is -2.31. The zero-order valence-electron chi connectivity index (χ0n) is 13.0. The standard InChI is InChI=1S/C16H22N2O4/c1-3-22-16(19)13-10-12(18(20)21)8-9-15(13)17-14-7-5-4-6-11(14)2/h8-11,14,17H,3-7H2,1-2H3/t11-,14-/m1/s1. The Kier molecular flexibility index (Phi) is 5.35. The minimum Gasteiger partial charge on any atom is -0.462 e. The molecule has 1 N–H and O–H groups in total. The fraction of sp³-hybridized carbons (Fsp3) is 0.562. The number of hydrogen-bond donors (Lipinski definition) is 1. The molecule has 6 heteroatoms. The normalized spacial score (nSPS) is 21.2. The van der Waals surface area contributed by atoms with Crippen molar-refractivity contribution in [2.24, 2.45) is 5.92 Å². The summed E-state index contributed by atoms with van der Waals surface area (Å²) in [5, 5.41) is 14.3. The Balaban J connectivity index is 2.28. The molecule has 0 radical (unpaired) electrons. The van der Waals surface area contributed by atoms with Gasteiger partial charge < -0.3 is 10.1 Å². The van der Waals surface area contributed by atoms with E-state index < -0.39 is 10.9 Å². The van der Waals surface area contributed by atoms with Crippen molar-refractivity contribution in [2.45, 2.75) is 45.6 Å². The smallest absolute Gasteiger partial charge is 0.340 e. The number of carbonyl (C=O) groups excluding carboxylic acids is 1. The lowest BCUT2D eigenvalue weighted by atomic mass is 9.85. The Labute approximate surface area is 130 Å². The molecule has 0 aliphatic heterocycles. The van der Waals surface area contributed by atoms with Crippen LogP contribution in [0.4, 0.5) is 11.4 Å². The molecule has 0 heterocycles. The summed E-state index contributed by atoms with van der Waals surface area (Å²) in [6.07, 6.45) is 4.58. The first kappa shape index (κ1) is 16.3. The molecule has 1 fully saturated rings. The van der Waals surface area contributed by atoms with Crippen molar-refractivity contribution in [3.05, 3.63) is 33.9 Å². The predicted octanol–water partition coefficient (Wildman–Crippen LogP) is 3.76. The van der Waals surface area contributed by atoms with Crippen LogP contribution >= 0.6 is 0 Å². The number of rotatable bonds is 5. The molecule has 1 aromatic carbocycles. The Morgan fingerprint density at radius 1 is 1.41 bits per heavy atom. The number of non-ortho nitro benzene ring substituents is 1. The molecule has 1 saturated carbocycles. The third kappa shape index (κ3) is 3.75. The fourth-order valence-corrected chi connectivity index (χ4v) is 2.88. The SMILES string of the molecule is CCOC(=O)c1cc([N+](=O)[O-])ccc1N[C@@H]1CCCC[C@H]1C. The maximum atomic E-state index is 12.1. The number of hydrogen-bond acceptors (Lipinski definition) is 5. The molecular formula is C16H22N2O4. The van der Waals surface area contributed by atoms with Crippen LogP contribution in [0.25, 0.3) is 0 Å². The highest BCUT2D eigenvalue weighted by Crippen LogP contribution is 2.30. The number of nitro groups is 1. The summed E-state index contributed by atoms with van der Waals surface area (Å²) in [5.74, 6) is -0.0175. The van der Waals surface area contributed by atoms with E-state index >= 15 is 0 Å². The zero-order valence-corrected chi connectivity index (χ0v) is 13.0. The molecule has 2 rings (SSSR count). The molecule has 0 aromatic heterocycles. The molecule has 0 bridgehead atoms. The van der Waals surface area contributed by atoms with Gasteiger partial charge in [0.15, 0.2) is 0 Å². The van der Waals surface area contributed by atoms with Crippen LogP contribution in [-0.4, -0.2) is 23.5 Å². The van der Waals surface area contributed by atoms with Crippen LogP contribution in [0.3, 0.4) is 0 Å². The van der Waals surface area contributed by atoms with Crippen LogP contribution in [0, 0.1) is 16.0 Å². The number of nitrogens with zero attached hydrogens (tertiary/aromatic N) is 1. The highest BCUT2D eigenvalue weighted by atomic mass is 16.6. The molecule has 22 heavy (non-hydrogen) atoms. The zero-order chi connectivity index (χ0) is 16.1. The molecule has 0 unspecified atom stereocenters. The van der Waals surface area contributed by atoms with E-state index in [1.807, 2.05) is 0 Å². The molecule has 1 aliphatic rings. The van der Waals surface area contributed by atoms with Crippen LogP contribution in [0.2, 0.25) is 0 Å². The molecule has 0 spiro atoms. The van der Waals surface area contributed by atoms with E-state index in [0.29, 0.717) is 11.6 Å².